The monoisotopic (exact) mass is 670 g/mol. The van der Waals surface area contributed by atoms with Crippen molar-refractivity contribution in [3.63, 3.8) is 0 Å². The van der Waals surface area contributed by atoms with E-state index < -0.39 is 0 Å². The van der Waals surface area contributed by atoms with E-state index in [1.54, 1.807) is 0 Å². The van der Waals surface area contributed by atoms with E-state index >= 15 is 0 Å². The highest BCUT2D eigenvalue weighted by atomic mass is 32.1. The van der Waals surface area contributed by atoms with E-state index in [4.69, 9.17) is 15.0 Å². The standard InChI is InChI=1S/C46H30N4S/c1-29-13-12-18-32(25-29)36-26-33(46-48-44(30-14-4-2-5-15-30)47-45(49-46)31-16-6-3-7-17-31)23-24-40(36)50-39-21-10-8-19-34(39)37-27-38-35-20-9-11-22-42(35)51-43(38)28-41(37)50/h2-28H,1H3. The van der Waals surface area contributed by atoms with Crippen molar-refractivity contribution < 1.29 is 0 Å². The fourth-order valence-electron chi connectivity index (χ4n) is 7.30. The fraction of sp³-hybridized carbons (Fsp3) is 0.0217. The Labute approximate surface area is 299 Å². The maximum absolute atomic E-state index is 5.07. The summed E-state index contributed by atoms with van der Waals surface area (Å²) in [6.07, 6.45) is 0. The quantitative estimate of drug-likeness (QED) is 0.183. The maximum atomic E-state index is 5.07. The molecule has 0 saturated heterocycles. The van der Waals surface area contributed by atoms with E-state index in [2.05, 4.69) is 115 Å². The van der Waals surface area contributed by atoms with Crippen LogP contribution in [0.3, 0.4) is 0 Å². The molecule has 0 N–H and O–H groups in total. The van der Waals surface area contributed by atoms with Gasteiger partial charge >= 0.3 is 0 Å². The van der Waals surface area contributed by atoms with Gasteiger partial charge in [0.15, 0.2) is 17.5 Å². The van der Waals surface area contributed by atoms with Crippen molar-refractivity contribution in [1.29, 1.82) is 0 Å². The predicted molar refractivity (Wildman–Crippen MR) is 214 cm³/mol. The third-order valence-electron chi connectivity index (χ3n) is 9.70. The Morgan fingerprint density at radius 2 is 1.04 bits per heavy atom. The number of thiophene rings is 1. The van der Waals surface area contributed by atoms with Crippen LogP contribution in [-0.2, 0) is 0 Å². The zero-order chi connectivity index (χ0) is 33.9. The number of aryl methyl sites for hydroxylation is 1. The van der Waals surface area contributed by atoms with Crippen molar-refractivity contribution in [3.05, 3.63) is 169 Å². The summed E-state index contributed by atoms with van der Waals surface area (Å²) in [7, 11) is 0. The molecule has 5 heteroatoms. The summed E-state index contributed by atoms with van der Waals surface area (Å²) in [5, 5.41) is 5.10. The minimum Gasteiger partial charge on any atom is -0.309 e. The van der Waals surface area contributed by atoms with Gasteiger partial charge in [-0.15, -0.1) is 11.3 Å². The Balaban J connectivity index is 1.24. The molecular weight excluding hydrogens is 641 g/mol. The molecule has 0 saturated carbocycles. The second-order valence-electron chi connectivity index (χ2n) is 13.0. The topological polar surface area (TPSA) is 43.6 Å². The number of hydrogen-bond acceptors (Lipinski definition) is 4. The van der Waals surface area contributed by atoms with Crippen LogP contribution in [0.1, 0.15) is 5.56 Å². The second kappa shape index (κ2) is 11.9. The molecule has 0 fully saturated rings. The first-order valence-electron chi connectivity index (χ1n) is 17.1. The normalized spacial score (nSPS) is 11.6. The molecule has 7 aromatic carbocycles. The molecule has 0 radical (unpaired) electrons. The van der Waals surface area contributed by atoms with Crippen LogP contribution in [0.15, 0.2) is 164 Å². The minimum atomic E-state index is 0.636. The van der Waals surface area contributed by atoms with Crippen LogP contribution in [-0.4, -0.2) is 19.5 Å². The van der Waals surface area contributed by atoms with Crippen LogP contribution in [0.2, 0.25) is 0 Å². The number of para-hydroxylation sites is 1. The molecule has 0 aliphatic carbocycles. The Morgan fingerprint density at radius 1 is 0.412 bits per heavy atom. The third-order valence-corrected chi connectivity index (χ3v) is 10.8. The third kappa shape index (κ3) is 5.01. The molecule has 3 aromatic heterocycles. The Bertz CT molecular complexity index is 2870. The lowest BCUT2D eigenvalue weighted by atomic mass is 9.98. The van der Waals surface area contributed by atoms with E-state index in [1.807, 2.05) is 72.0 Å². The van der Waals surface area contributed by atoms with Crippen LogP contribution in [0, 0.1) is 6.92 Å². The zero-order valence-electron chi connectivity index (χ0n) is 27.8. The predicted octanol–water partition coefficient (Wildman–Crippen LogP) is 12.3. The number of rotatable bonds is 5. The van der Waals surface area contributed by atoms with Gasteiger partial charge < -0.3 is 4.57 Å². The first-order valence-corrected chi connectivity index (χ1v) is 17.9. The van der Waals surface area contributed by atoms with E-state index in [0.29, 0.717) is 17.5 Å². The molecule has 0 spiro atoms. The van der Waals surface area contributed by atoms with Gasteiger partial charge in [0, 0.05) is 53.2 Å². The van der Waals surface area contributed by atoms with Gasteiger partial charge in [0.25, 0.3) is 0 Å². The largest absolute Gasteiger partial charge is 0.309 e. The molecule has 240 valence electrons. The molecule has 0 bridgehead atoms. The molecule has 3 heterocycles. The SMILES string of the molecule is Cc1cccc(-c2cc(-c3nc(-c4ccccc4)nc(-c4ccccc4)n3)ccc2-n2c3ccccc3c3cc4c(cc32)sc2ccccc24)c1. The van der Waals surface area contributed by atoms with Gasteiger partial charge in [-0.05, 0) is 55.0 Å². The second-order valence-corrected chi connectivity index (χ2v) is 14.0. The summed E-state index contributed by atoms with van der Waals surface area (Å²) in [6.45, 7) is 2.15. The number of nitrogens with zero attached hydrogens (tertiary/aromatic N) is 4. The molecule has 0 unspecified atom stereocenters. The average Bonchev–Trinajstić information content (AvgIpc) is 3.72. The Kier molecular flexibility index (Phi) is 6.86. The number of benzene rings is 7. The van der Waals surface area contributed by atoms with Crippen LogP contribution >= 0.6 is 11.3 Å². The van der Waals surface area contributed by atoms with Crippen molar-refractivity contribution in [3.8, 4) is 51.0 Å². The number of hydrogen-bond donors (Lipinski definition) is 0. The zero-order valence-corrected chi connectivity index (χ0v) is 28.6. The van der Waals surface area contributed by atoms with Gasteiger partial charge in [-0.3, -0.25) is 0 Å². The molecule has 51 heavy (non-hydrogen) atoms. The molecule has 0 aliphatic rings. The summed E-state index contributed by atoms with van der Waals surface area (Å²) in [6, 6.07) is 57.9. The Morgan fingerprint density at radius 3 is 1.76 bits per heavy atom. The van der Waals surface area contributed by atoms with Gasteiger partial charge in [-0.2, -0.15) is 0 Å². The van der Waals surface area contributed by atoms with Crippen molar-refractivity contribution in [2.24, 2.45) is 0 Å². The molecule has 0 atom stereocenters. The summed E-state index contributed by atoms with van der Waals surface area (Å²) in [4.78, 5) is 15.1. The van der Waals surface area contributed by atoms with E-state index in [0.717, 1.165) is 33.5 Å². The van der Waals surface area contributed by atoms with E-state index in [9.17, 15) is 0 Å². The number of fused-ring (bicyclic) bond motifs is 6. The fourth-order valence-corrected chi connectivity index (χ4v) is 8.42. The maximum Gasteiger partial charge on any atom is 0.164 e. The van der Waals surface area contributed by atoms with Gasteiger partial charge in [-0.25, -0.2) is 15.0 Å². The van der Waals surface area contributed by atoms with Crippen molar-refractivity contribution in [2.75, 3.05) is 0 Å². The Hall–Kier alpha value is -6.43. The lowest BCUT2D eigenvalue weighted by Gasteiger charge is -2.16. The summed E-state index contributed by atoms with van der Waals surface area (Å²) < 4.78 is 5.03. The minimum absolute atomic E-state index is 0.636. The van der Waals surface area contributed by atoms with Gasteiger partial charge in [-0.1, -0.05) is 127 Å². The van der Waals surface area contributed by atoms with Crippen LogP contribution in [0.5, 0.6) is 0 Å². The summed E-state index contributed by atoms with van der Waals surface area (Å²) in [5.41, 5.74) is 9.76. The first kappa shape index (κ1) is 29.5. The van der Waals surface area contributed by atoms with Gasteiger partial charge in [0.05, 0.1) is 16.7 Å². The average molecular weight is 671 g/mol. The summed E-state index contributed by atoms with van der Waals surface area (Å²) >= 11 is 1.86. The van der Waals surface area contributed by atoms with E-state index in [-0.39, 0.29) is 0 Å². The molecule has 4 nitrogen and oxygen atoms in total. The van der Waals surface area contributed by atoms with Crippen LogP contribution < -0.4 is 0 Å². The summed E-state index contributed by atoms with van der Waals surface area (Å²) in [5.74, 6) is 1.93. The number of aromatic nitrogens is 4. The molecule has 0 aliphatic heterocycles. The first-order chi connectivity index (χ1) is 25.2. The van der Waals surface area contributed by atoms with Crippen molar-refractivity contribution in [2.45, 2.75) is 6.92 Å². The highest BCUT2D eigenvalue weighted by Gasteiger charge is 2.20. The van der Waals surface area contributed by atoms with Crippen LogP contribution in [0.25, 0.3) is 93.0 Å². The highest BCUT2D eigenvalue weighted by Crippen LogP contribution is 2.42. The van der Waals surface area contributed by atoms with Crippen molar-refractivity contribution >= 4 is 53.3 Å². The smallest absolute Gasteiger partial charge is 0.164 e. The molecule has 10 rings (SSSR count). The molecular formula is C46H30N4S. The van der Waals surface area contributed by atoms with Gasteiger partial charge in [0.1, 0.15) is 0 Å². The van der Waals surface area contributed by atoms with Crippen LogP contribution in [0.4, 0.5) is 0 Å². The van der Waals surface area contributed by atoms with Crippen molar-refractivity contribution in [1.82, 2.24) is 19.5 Å². The highest BCUT2D eigenvalue weighted by molar-refractivity contribution is 7.25. The van der Waals surface area contributed by atoms with Gasteiger partial charge in [0.2, 0.25) is 0 Å². The molecule has 10 aromatic rings. The van der Waals surface area contributed by atoms with E-state index in [1.165, 1.54) is 47.5 Å². The lowest BCUT2D eigenvalue weighted by Crippen LogP contribution is -2.02. The lowest BCUT2D eigenvalue weighted by molar-refractivity contribution is 1.07. The molecule has 0 amide bonds.